The third-order valence-corrected chi connectivity index (χ3v) is 3.83. The number of carbonyl (C=O) groups excluding carboxylic acids is 1. The highest BCUT2D eigenvalue weighted by Gasteiger charge is 2.17. The summed E-state index contributed by atoms with van der Waals surface area (Å²) in [5, 5.41) is 1.29. The molecule has 17 heavy (non-hydrogen) atoms. The van der Waals surface area contributed by atoms with E-state index >= 15 is 0 Å². The maximum atomic E-state index is 11.9. The molecule has 0 spiro atoms. The SMILES string of the molecule is O=C(CSc1ncccc1Cl)N1CCOCC1. The van der Waals surface area contributed by atoms with E-state index in [1.165, 1.54) is 11.8 Å². The van der Waals surface area contributed by atoms with E-state index in [2.05, 4.69) is 4.98 Å². The van der Waals surface area contributed by atoms with Gasteiger partial charge in [0.05, 0.1) is 24.0 Å². The fraction of sp³-hybridized carbons (Fsp3) is 0.455. The van der Waals surface area contributed by atoms with E-state index < -0.39 is 0 Å². The third-order valence-electron chi connectivity index (χ3n) is 2.42. The van der Waals surface area contributed by atoms with Gasteiger partial charge >= 0.3 is 0 Å². The molecule has 6 heteroatoms. The molecular weight excluding hydrogens is 260 g/mol. The summed E-state index contributed by atoms with van der Waals surface area (Å²) in [6.07, 6.45) is 1.67. The molecule has 1 aromatic rings. The first-order valence-corrected chi connectivity index (χ1v) is 6.72. The van der Waals surface area contributed by atoms with E-state index in [4.69, 9.17) is 16.3 Å². The zero-order valence-corrected chi connectivity index (χ0v) is 10.8. The van der Waals surface area contributed by atoms with Gasteiger partial charge in [-0.25, -0.2) is 4.98 Å². The highest BCUT2D eigenvalue weighted by atomic mass is 35.5. The first kappa shape index (κ1) is 12.7. The molecule has 1 aliphatic heterocycles. The predicted molar refractivity (Wildman–Crippen MR) is 67.4 cm³/mol. The molecule has 92 valence electrons. The van der Waals surface area contributed by atoms with Crippen molar-refractivity contribution in [1.29, 1.82) is 0 Å². The van der Waals surface area contributed by atoms with E-state index in [1.807, 2.05) is 4.90 Å². The Morgan fingerprint density at radius 3 is 3.00 bits per heavy atom. The summed E-state index contributed by atoms with van der Waals surface area (Å²) in [5.41, 5.74) is 0. The molecular formula is C11H13ClN2O2S. The maximum absolute atomic E-state index is 11.9. The molecule has 0 bridgehead atoms. The Morgan fingerprint density at radius 1 is 1.53 bits per heavy atom. The minimum Gasteiger partial charge on any atom is -0.378 e. The van der Waals surface area contributed by atoms with Crippen LogP contribution in [0, 0.1) is 0 Å². The Bertz CT molecular complexity index is 397. The zero-order chi connectivity index (χ0) is 12.1. The monoisotopic (exact) mass is 272 g/mol. The van der Waals surface area contributed by atoms with Crippen LogP contribution in [0.2, 0.25) is 5.02 Å². The smallest absolute Gasteiger partial charge is 0.233 e. The van der Waals surface area contributed by atoms with Gasteiger partial charge in [-0.05, 0) is 12.1 Å². The molecule has 1 aromatic heterocycles. The van der Waals surface area contributed by atoms with Crippen LogP contribution in [0.1, 0.15) is 0 Å². The molecule has 1 fully saturated rings. The van der Waals surface area contributed by atoms with Gasteiger partial charge in [-0.15, -0.1) is 0 Å². The molecule has 0 radical (unpaired) electrons. The molecule has 2 rings (SSSR count). The highest BCUT2D eigenvalue weighted by Crippen LogP contribution is 2.24. The number of hydrogen-bond acceptors (Lipinski definition) is 4. The first-order valence-electron chi connectivity index (χ1n) is 5.36. The topological polar surface area (TPSA) is 42.4 Å². The van der Waals surface area contributed by atoms with Crippen molar-refractivity contribution >= 4 is 29.3 Å². The van der Waals surface area contributed by atoms with Crippen molar-refractivity contribution in [3.63, 3.8) is 0 Å². The number of rotatable bonds is 3. The summed E-state index contributed by atoms with van der Waals surface area (Å²) in [4.78, 5) is 17.8. The fourth-order valence-corrected chi connectivity index (χ4v) is 2.58. The van der Waals surface area contributed by atoms with Crippen LogP contribution in [0.4, 0.5) is 0 Å². The van der Waals surface area contributed by atoms with Gasteiger partial charge in [0.2, 0.25) is 5.91 Å². The van der Waals surface area contributed by atoms with E-state index in [-0.39, 0.29) is 5.91 Å². The van der Waals surface area contributed by atoms with Crippen LogP contribution in [-0.2, 0) is 9.53 Å². The molecule has 0 aliphatic carbocycles. The van der Waals surface area contributed by atoms with Gasteiger partial charge in [-0.2, -0.15) is 0 Å². The number of morpholine rings is 1. The van der Waals surface area contributed by atoms with E-state index in [1.54, 1.807) is 18.3 Å². The maximum Gasteiger partial charge on any atom is 0.233 e. The lowest BCUT2D eigenvalue weighted by atomic mass is 10.4. The van der Waals surface area contributed by atoms with Gasteiger partial charge in [0.25, 0.3) is 0 Å². The summed E-state index contributed by atoms with van der Waals surface area (Å²) in [7, 11) is 0. The van der Waals surface area contributed by atoms with Gasteiger partial charge in [-0.3, -0.25) is 4.79 Å². The number of halogens is 1. The van der Waals surface area contributed by atoms with Gasteiger partial charge in [0, 0.05) is 19.3 Å². The molecule has 1 aliphatic rings. The number of ether oxygens (including phenoxy) is 1. The Labute approximate surface area is 109 Å². The van der Waals surface area contributed by atoms with Crippen LogP contribution in [0.25, 0.3) is 0 Å². The number of aromatic nitrogens is 1. The minimum atomic E-state index is 0.111. The standard InChI is InChI=1S/C11H13ClN2O2S/c12-9-2-1-3-13-11(9)17-8-10(15)14-4-6-16-7-5-14/h1-3H,4-8H2. The summed E-state index contributed by atoms with van der Waals surface area (Å²) in [5.74, 6) is 0.483. The average Bonchev–Trinajstić information content (AvgIpc) is 2.38. The van der Waals surface area contributed by atoms with E-state index in [0.717, 1.165) is 0 Å². The normalized spacial score (nSPS) is 15.9. The van der Waals surface area contributed by atoms with Crippen molar-refractivity contribution < 1.29 is 9.53 Å². The van der Waals surface area contributed by atoms with Crippen molar-refractivity contribution in [2.24, 2.45) is 0 Å². The molecule has 2 heterocycles. The number of carbonyl (C=O) groups is 1. The van der Waals surface area contributed by atoms with Crippen LogP contribution >= 0.6 is 23.4 Å². The lowest BCUT2D eigenvalue weighted by Gasteiger charge is -2.26. The predicted octanol–water partition coefficient (Wildman–Crippen LogP) is 1.69. The van der Waals surface area contributed by atoms with Gasteiger partial charge in [0.15, 0.2) is 0 Å². The summed E-state index contributed by atoms with van der Waals surface area (Å²) in [6.45, 7) is 2.60. The van der Waals surface area contributed by atoms with Crippen molar-refractivity contribution in [1.82, 2.24) is 9.88 Å². The Hall–Kier alpha value is -0.780. The summed E-state index contributed by atoms with van der Waals surface area (Å²) in [6, 6.07) is 3.55. The molecule has 0 saturated carbocycles. The molecule has 0 aromatic carbocycles. The molecule has 0 unspecified atom stereocenters. The Kier molecular flexibility index (Phi) is 4.65. The minimum absolute atomic E-state index is 0.111. The molecule has 0 N–H and O–H groups in total. The van der Waals surface area contributed by atoms with Crippen molar-refractivity contribution in [2.75, 3.05) is 32.1 Å². The fourth-order valence-electron chi connectivity index (χ4n) is 1.51. The lowest BCUT2D eigenvalue weighted by Crippen LogP contribution is -2.41. The number of nitrogens with zero attached hydrogens (tertiary/aromatic N) is 2. The number of thioether (sulfide) groups is 1. The highest BCUT2D eigenvalue weighted by molar-refractivity contribution is 8.00. The van der Waals surface area contributed by atoms with Crippen molar-refractivity contribution in [3.05, 3.63) is 23.4 Å². The summed E-state index contributed by atoms with van der Waals surface area (Å²) < 4.78 is 5.20. The molecule has 0 atom stereocenters. The number of amides is 1. The van der Waals surface area contributed by atoms with Crippen LogP contribution < -0.4 is 0 Å². The zero-order valence-electron chi connectivity index (χ0n) is 9.26. The van der Waals surface area contributed by atoms with Crippen LogP contribution in [0.3, 0.4) is 0 Å². The van der Waals surface area contributed by atoms with E-state index in [9.17, 15) is 4.79 Å². The largest absolute Gasteiger partial charge is 0.378 e. The second kappa shape index (κ2) is 6.23. The average molecular weight is 273 g/mol. The number of pyridine rings is 1. The van der Waals surface area contributed by atoms with Crippen molar-refractivity contribution in [3.8, 4) is 0 Å². The van der Waals surface area contributed by atoms with Crippen molar-refractivity contribution in [2.45, 2.75) is 5.03 Å². The quantitative estimate of drug-likeness (QED) is 0.786. The van der Waals surface area contributed by atoms with Gasteiger partial charge < -0.3 is 9.64 Å². The van der Waals surface area contributed by atoms with Crippen LogP contribution in [-0.4, -0.2) is 47.8 Å². The lowest BCUT2D eigenvalue weighted by molar-refractivity contribution is -0.132. The Morgan fingerprint density at radius 2 is 2.29 bits per heavy atom. The van der Waals surface area contributed by atoms with Gasteiger partial charge in [-0.1, -0.05) is 23.4 Å². The van der Waals surface area contributed by atoms with Crippen LogP contribution in [0.5, 0.6) is 0 Å². The second-order valence-electron chi connectivity index (χ2n) is 3.57. The van der Waals surface area contributed by atoms with E-state index in [0.29, 0.717) is 42.1 Å². The summed E-state index contributed by atoms with van der Waals surface area (Å²) >= 11 is 7.34. The Balaban J connectivity index is 1.85. The molecule has 1 amide bonds. The van der Waals surface area contributed by atoms with Gasteiger partial charge in [0.1, 0.15) is 5.03 Å². The second-order valence-corrected chi connectivity index (χ2v) is 4.94. The molecule has 4 nitrogen and oxygen atoms in total. The first-order chi connectivity index (χ1) is 8.27. The number of hydrogen-bond donors (Lipinski definition) is 0. The molecule has 1 saturated heterocycles. The third kappa shape index (κ3) is 3.59. The van der Waals surface area contributed by atoms with Crippen LogP contribution in [0.15, 0.2) is 23.4 Å².